The van der Waals surface area contributed by atoms with Crippen LogP contribution in [0.5, 0.6) is 0 Å². The number of ether oxygens (including phenoxy) is 3. The second-order valence-electron chi connectivity index (χ2n) is 7.04. The van der Waals surface area contributed by atoms with E-state index in [1.54, 1.807) is 19.9 Å². The van der Waals surface area contributed by atoms with Gasteiger partial charge in [0.25, 0.3) is 0 Å². The number of hydrogen-bond acceptors (Lipinski definition) is 6. The molecule has 0 fully saturated rings. The van der Waals surface area contributed by atoms with E-state index in [1.165, 1.54) is 7.11 Å². The van der Waals surface area contributed by atoms with Crippen molar-refractivity contribution in [3.8, 4) is 0 Å². The number of rotatable bonds is 13. The lowest BCUT2D eigenvalue weighted by Gasteiger charge is -2.40. The molecule has 0 unspecified atom stereocenters. The Hall–Kier alpha value is -2.51. The molecule has 0 aromatic heterocycles. The Balaban J connectivity index is 2.49. The summed E-state index contributed by atoms with van der Waals surface area (Å²) in [4.78, 5) is 12.8. The summed E-state index contributed by atoms with van der Waals surface area (Å²) in [5.74, 6) is -2.05. The van der Waals surface area contributed by atoms with Crippen molar-refractivity contribution in [3.63, 3.8) is 0 Å². The smallest absolute Gasteiger partial charge is 0.325 e. The van der Waals surface area contributed by atoms with Gasteiger partial charge in [0.2, 0.25) is 0 Å². The third kappa shape index (κ3) is 6.24. The van der Waals surface area contributed by atoms with Gasteiger partial charge in [-0.3, -0.25) is 10.1 Å². The molecule has 0 saturated carbocycles. The SMILES string of the molecule is C=CCC(OCC)(OCC)[C@@H](O)[C@H](NC(c1ccccc1)c1ccccc1)C(=O)OC. The summed E-state index contributed by atoms with van der Waals surface area (Å²) in [6.45, 7) is 7.96. The Morgan fingerprint density at radius 3 is 1.90 bits per heavy atom. The van der Waals surface area contributed by atoms with E-state index >= 15 is 0 Å². The summed E-state index contributed by atoms with van der Waals surface area (Å²) in [6.07, 6.45) is 0.453. The lowest BCUT2D eigenvalue weighted by Crippen LogP contribution is -2.60. The second-order valence-corrected chi connectivity index (χ2v) is 7.04. The van der Waals surface area contributed by atoms with Gasteiger partial charge in [0.15, 0.2) is 5.79 Å². The molecule has 31 heavy (non-hydrogen) atoms. The quantitative estimate of drug-likeness (QED) is 0.289. The van der Waals surface area contributed by atoms with Crippen molar-refractivity contribution in [2.75, 3.05) is 20.3 Å². The number of carbonyl (C=O) groups is 1. The molecular formula is C25H33NO5. The van der Waals surface area contributed by atoms with Crippen molar-refractivity contribution in [2.24, 2.45) is 0 Å². The van der Waals surface area contributed by atoms with Gasteiger partial charge >= 0.3 is 5.97 Å². The average molecular weight is 428 g/mol. The van der Waals surface area contributed by atoms with Gasteiger partial charge in [0.1, 0.15) is 12.1 Å². The fourth-order valence-electron chi connectivity index (χ4n) is 3.67. The van der Waals surface area contributed by atoms with E-state index < -0.39 is 23.9 Å². The first-order chi connectivity index (χ1) is 15.0. The second kappa shape index (κ2) is 12.4. The summed E-state index contributed by atoms with van der Waals surface area (Å²) in [5, 5.41) is 14.7. The molecule has 0 aliphatic heterocycles. The highest BCUT2D eigenvalue weighted by Crippen LogP contribution is 2.29. The van der Waals surface area contributed by atoms with Crippen molar-refractivity contribution in [1.82, 2.24) is 5.32 Å². The van der Waals surface area contributed by atoms with Crippen LogP contribution in [0.15, 0.2) is 73.3 Å². The Labute approximate surface area is 184 Å². The molecule has 2 N–H and O–H groups in total. The van der Waals surface area contributed by atoms with Crippen LogP contribution in [0.25, 0.3) is 0 Å². The average Bonchev–Trinajstić information content (AvgIpc) is 2.80. The molecule has 168 valence electrons. The Morgan fingerprint density at radius 1 is 1.03 bits per heavy atom. The Kier molecular flexibility index (Phi) is 9.88. The number of hydrogen-bond donors (Lipinski definition) is 2. The van der Waals surface area contributed by atoms with Crippen molar-refractivity contribution >= 4 is 5.97 Å². The van der Waals surface area contributed by atoms with E-state index in [2.05, 4.69) is 11.9 Å². The summed E-state index contributed by atoms with van der Waals surface area (Å²) in [7, 11) is 1.29. The van der Waals surface area contributed by atoms with Gasteiger partial charge in [-0.2, -0.15) is 0 Å². The third-order valence-corrected chi connectivity index (χ3v) is 5.04. The van der Waals surface area contributed by atoms with Crippen LogP contribution < -0.4 is 5.32 Å². The molecule has 6 heteroatoms. The lowest BCUT2D eigenvalue weighted by atomic mass is 9.93. The van der Waals surface area contributed by atoms with Gasteiger partial charge in [-0.05, 0) is 25.0 Å². The first-order valence-electron chi connectivity index (χ1n) is 10.5. The number of benzene rings is 2. The van der Waals surface area contributed by atoms with Crippen molar-refractivity contribution in [1.29, 1.82) is 0 Å². The minimum atomic E-state index is -1.44. The predicted octanol–water partition coefficient (Wildman–Crippen LogP) is 3.61. The van der Waals surface area contributed by atoms with Crippen LogP contribution >= 0.6 is 0 Å². The van der Waals surface area contributed by atoms with E-state index in [1.807, 2.05) is 60.7 Å². The summed E-state index contributed by atoms with van der Waals surface area (Å²) >= 11 is 0. The molecule has 2 aromatic rings. The van der Waals surface area contributed by atoms with Crippen LogP contribution in [-0.2, 0) is 19.0 Å². The predicted molar refractivity (Wildman–Crippen MR) is 120 cm³/mol. The number of aliphatic hydroxyl groups is 1. The number of carbonyl (C=O) groups excluding carboxylic acids is 1. The molecule has 0 radical (unpaired) electrons. The molecule has 2 atom stereocenters. The largest absolute Gasteiger partial charge is 0.468 e. The van der Waals surface area contributed by atoms with E-state index in [-0.39, 0.29) is 12.5 Å². The highest BCUT2D eigenvalue weighted by molar-refractivity contribution is 5.76. The van der Waals surface area contributed by atoms with Crippen LogP contribution in [0.2, 0.25) is 0 Å². The van der Waals surface area contributed by atoms with Gasteiger partial charge in [-0.1, -0.05) is 66.7 Å². The van der Waals surface area contributed by atoms with Gasteiger partial charge in [0, 0.05) is 19.6 Å². The van der Waals surface area contributed by atoms with Gasteiger partial charge < -0.3 is 19.3 Å². The number of aliphatic hydroxyl groups excluding tert-OH is 1. The van der Waals surface area contributed by atoms with Crippen molar-refractivity contribution in [2.45, 2.75) is 44.2 Å². The zero-order chi connectivity index (χ0) is 22.7. The van der Waals surface area contributed by atoms with E-state index in [4.69, 9.17) is 14.2 Å². The molecule has 0 aliphatic rings. The molecule has 0 heterocycles. The number of nitrogens with one attached hydrogen (secondary N) is 1. The maximum atomic E-state index is 12.8. The molecule has 0 saturated heterocycles. The van der Waals surface area contributed by atoms with Gasteiger partial charge in [-0.25, -0.2) is 0 Å². The monoisotopic (exact) mass is 427 g/mol. The number of methoxy groups -OCH3 is 1. The van der Waals surface area contributed by atoms with Crippen LogP contribution in [0.4, 0.5) is 0 Å². The molecule has 0 spiro atoms. The zero-order valence-electron chi connectivity index (χ0n) is 18.5. The fourth-order valence-corrected chi connectivity index (χ4v) is 3.67. The van der Waals surface area contributed by atoms with Crippen LogP contribution in [-0.4, -0.2) is 49.3 Å². The minimum absolute atomic E-state index is 0.201. The maximum Gasteiger partial charge on any atom is 0.325 e. The minimum Gasteiger partial charge on any atom is -0.468 e. The summed E-state index contributed by atoms with van der Waals surface area (Å²) in [6, 6.07) is 18.0. The first kappa shape index (κ1) is 24.8. The van der Waals surface area contributed by atoms with Gasteiger partial charge in [-0.15, -0.1) is 6.58 Å². The third-order valence-electron chi connectivity index (χ3n) is 5.04. The molecule has 6 nitrogen and oxygen atoms in total. The Bertz CT molecular complexity index is 751. The molecule has 2 aromatic carbocycles. The van der Waals surface area contributed by atoms with Crippen LogP contribution in [0.1, 0.15) is 37.4 Å². The van der Waals surface area contributed by atoms with Crippen molar-refractivity contribution in [3.05, 3.63) is 84.4 Å². The van der Waals surface area contributed by atoms with Crippen LogP contribution in [0, 0.1) is 0 Å². The fraction of sp³-hybridized carbons (Fsp3) is 0.400. The van der Waals surface area contributed by atoms with Crippen LogP contribution in [0.3, 0.4) is 0 Å². The lowest BCUT2D eigenvalue weighted by molar-refractivity contribution is -0.283. The topological polar surface area (TPSA) is 77.0 Å². The van der Waals surface area contributed by atoms with E-state index in [9.17, 15) is 9.90 Å². The van der Waals surface area contributed by atoms with E-state index in [0.29, 0.717) is 13.2 Å². The molecule has 2 rings (SSSR count). The van der Waals surface area contributed by atoms with E-state index in [0.717, 1.165) is 11.1 Å². The Morgan fingerprint density at radius 2 is 1.52 bits per heavy atom. The normalized spacial score (nSPS) is 13.6. The maximum absolute atomic E-state index is 12.8. The van der Waals surface area contributed by atoms with Crippen molar-refractivity contribution < 1.29 is 24.1 Å². The molecular weight excluding hydrogens is 394 g/mol. The molecule has 0 aliphatic carbocycles. The zero-order valence-corrected chi connectivity index (χ0v) is 18.5. The molecule has 0 amide bonds. The highest BCUT2D eigenvalue weighted by atomic mass is 16.7. The summed E-state index contributed by atoms with van der Waals surface area (Å²) < 4.78 is 16.7. The highest BCUT2D eigenvalue weighted by Gasteiger charge is 2.47. The number of esters is 1. The molecule has 0 bridgehead atoms. The first-order valence-corrected chi connectivity index (χ1v) is 10.5. The van der Waals surface area contributed by atoms with Gasteiger partial charge in [0.05, 0.1) is 13.2 Å². The summed E-state index contributed by atoms with van der Waals surface area (Å²) in [5.41, 5.74) is 1.88. The standard InChI is InChI=1S/C25H33NO5/c1-5-18-25(30-6-2,31-7-3)23(27)22(24(28)29-4)26-21(19-14-10-8-11-15-19)20-16-12-9-13-17-20/h5,8-17,21-23,26-27H,1,6-7,18H2,2-4H3/t22-,23-/m0/s1.